The van der Waals surface area contributed by atoms with Crippen molar-refractivity contribution in [2.45, 2.75) is 26.3 Å². The highest BCUT2D eigenvalue weighted by Crippen LogP contribution is 2.26. The second-order valence-electron chi connectivity index (χ2n) is 6.32. The Labute approximate surface area is 134 Å². The van der Waals surface area contributed by atoms with Crippen molar-refractivity contribution in [1.29, 1.82) is 0 Å². The van der Waals surface area contributed by atoms with E-state index in [1.807, 2.05) is 30.3 Å². The van der Waals surface area contributed by atoms with Crippen LogP contribution in [0.5, 0.6) is 0 Å². The van der Waals surface area contributed by atoms with Crippen molar-refractivity contribution in [1.82, 2.24) is 15.1 Å². The van der Waals surface area contributed by atoms with Crippen LogP contribution in [0.15, 0.2) is 47.1 Å². The van der Waals surface area contributed by atoms with Crippen LogP contribution in [0.25, 0.3) is 23.0 Å². The molecule has 2 heterocycles. The quantitative estimate of drug-likeness (QED) is 0.719. The van der Waals surface area contributed by atoms with Gasteiger partial charge in [-0.05, 0) is 45.0 Å². The number of rotatable bonds is 3. The third-order valence-electron chi connectivity index (χ3n) is 3.13. The summed E-state index contributed by atoms with van der Waals surface area (Å²) in [6.45, 7) is 6.28. The second-order valence-corrected chi connectivity index (χ2v) is 6.32. The standard InChI is InChI=1S/C17H19N5O/c1-17(2,3)21-11-8-9-14(19-10-11)15-20-16(23-22-15)12-6-4-5-7-13(12)18/h4-10,21H,18H2,1-3H3. The lowest BCUT2D eigenvalue weighted by molar-refractivity contribution is 0.432. The molecule has 3 rings (SSSR count). The van der Waals surface area contributed by atoms with E-state index in [1.165, 1.54) is 0 Å². The summed E-state index contributed by atoms with van der Waals surface area (Å²) in [6.07, 6.45) is 1.76. The molecule has 6 heteroatoms. The van der Waals surface area contributed by atoms with Gasteiger partial charge in [-0.2, -0.15) is 4.98 Å². The van der Waals surface area contributed by atoms with E-state index in [0.717, 1.165) is 11.3 Å². The van der Waals surface area contributed by atoms with Crippen molar-refractivity contribution in [3.63, 3.8) is 0 Å². The van der Waals surface area contributed by atoms with Gasteiger partial charge in [-0.1, -0.05) is 17.3 Å². The maximum absolute atomic E-state index is 5.93. The number of hydrogen-bond acceptors (Lipinski definition) is 6. The third-order valence-corrected chi connectivity index (χ3v) is 3.13. The summed E-state index contributed by atoms with van der Waals surface area (Å²) in [4.78, 5) is 8.76. The molecule has 0 unspecified atom stereocenters. The lowest BCUT2D eigenvalue weighted by atomic mass is 10.1. The number of nitrogens with two attached hydrogens (primary N) is 1. The first-order valence-corrected chi connectivity index (χ1v) is 7.35. The lowest BCUT2D eigenvalue weighted by Gasteiger charge is -2.21. The van der Waals surface area contributed by atoms with E-state index < -0.39 is 0 Å². The minimum absolute atomic E-state index is 0.0205. The number of hydrogen-bond donors (Lipinski definition) is 2. The second kappa shape index (κ2) is 5.72. The molecule has 6 nitrogen and oxygen atoms in total. The molecule has 0 radical (unpaired) electrons. The Hall–Kier alpha value is -2.89. The van der Waals surface area contributed by atoms with E-state index in [0.29, 0.717) is 23.1 Å². The zero-order chi connectivity index (χ0) is 16.4. The summed E-state index contributed by atoms with van der Waals surface area (Å²) >= 11 is 0. The fourth-order valence-corrected chi connectivity index (χ4v) is 2.16. The van der Waals surface area contributed by atoms with Crippen molar-refractivity contribution < 1.29 is 4.52 Å². The van der Waals surface area contributed by atoms with Gasteiger partial charge in [0.05, 0.1) is 17.4 Å². The van der Waals surface area contributed by atoms with E-state index >= 15 is 0 Å². The number of pyridine rings is 1. The number of nitrogens with one attached hydrogen (secondary N) is 1. The van der Waals surface area contributed by atoms with E-state index in [9.17, 15) is 0 Å². The van der Waals surface area contributed by atoms with Crippen LogP contribution in [0, 0.1) is 0 Å². The van der Waals surface area contributed by atoms with Gasteiger partial charge in [0.2, 0.25) is 5.82 Å². The van der Waals surface area contributed by atoms with Crippen molar-refractivity contribution in [3.05, 3.63) is 42.6 Å². The molecule has 3 aromatic rings. The molecule has 2 aromatic heterocycles. The van der Waals surface area contributed by atoms with Gasteiger partial charge >= 0.3 is 0 Å². The SMILES string of the molecule is CC(C)(C)Nc1ccc(-c2noc(-c3ccccc3N)n2)nc1. The van der Waals surface area contributed by atoms with Gasteiger partial charge in [0.25, 0.3) is 5.89 Å². The molecule has 118 valence electrons. The Morgan fingerprint density at radius 3 is 2.52 bits per heavy atom. The topological polar surface area (TPSA) is 89.9 Å². The van der Waals surface area contributed by atoms with Crippen molar-refractivity contribution in [2.24, 2.45) is 0 Å². The van der Waals surface area contributed by atoms with Crippen LogP contribution in [0.4, 0.5) is 11.4 Å². The monoisotopic (exact) mass is 309 g/mol. The Balaban J connectivity index is 1.85. The molecule has 0 saturated heterocycles. The summed E-state index contributed by atoms with van der Waals surface area (Å²) in [5.41, 5.74) is 8.81. The highest BCUT2D eigenvalue weighted by atomic mass is 16.5. The Kier molecular flexibility index (Phi) is 3.73. The molecule has 3 N–H and O–H groups in total. The zero-order valence-corrected chi connectivity index (χ0v) is 13.4. The molecule has 0 bridgehead atoms. The van der Waals surface area contributed by atoms with Crippen LogP contribution in [-0.2, 0) is 0 Å². The van der Waals surface area contributed by atoms with Crippen LogP contribution in [0.1, 0.15) is 20.8 Å². The van der Waals surface area contributed by atoms with E-state index in [1.54, 1.807) is 12.3 Å². The summed E-state index contributed by atoms with van der Waals surface area (Å²) in [5.74, 6) is 0.822. The average Bonchev–Trinajstić information content (AvgIpc) is 2.96. The van der Waals surface area contributed by atoms with Crippen LogP contribution in [-0.4, -0.2) is 20.7 Å². The number of anilines is 2. The molecule has 0 atom stereocenters. The minimum atomic E-state index is -0.0205. The summed E-state index contributed by atoms with van der Waals surface area (Å²) in [6, 6.07) is 11.2. The van der Waals surface area contributed by atoms with Gasteiger partial charge in [-0.3, -0.25) is 4.98 Å². The van der Waals surface area contributed by atoms with Crippen LogP contribution >= 0.6 is 0 Å². The predicted octanol–water partition coefficient (Wildman–Crippen LogP) is 3.59. The van der Waals surface area contributed by atoms with Crippen molar-refractivity contribution in [2.75, 3.05) is 11.1 Å². The van der Waals surface area contributed by atoms with Crippen molar-refractivity contribution in [3.8, 4) is 23.0 Å². The maximum Gasteiger partial charge on any atom is 0.260 e. The maximum atomic E-state index is 5.93. The minimum Gasteiger partial charge on any atom is -0.398 e. The molecule has 0 aliphatic heterocycles. The van der Waals surface area contributed by atoms with E-state index in [2.05, 4.69) is 41.2 Å². The molecular formula is C17H19N5O. The summed E-state index contributed by atoms with van der Waals surface area (Å²) in [5, 5.41) is 7.34. The number of aromatic nitrogens is 3. The fourth-order valence-electron chi connectivity index (χ4n) is 2.16. The molecule has 0 spiro atoms. The van der Waals surface area contributed by atoms with E-state index in [-0.39, 0.29) is 5.54 Å². The van der Waals surface area contributed by atoms with E-state index in [4.69, 9.17) is 10.3 Å². The Bertz CT molecular complexity index is 802. The number of nitrogen functional groups attached to an aromatic ring is 1. The van der Waals surface area contributed by atoms with Gasteiger partial charge in [-0.25, -0.2) is 0 Å². The summed E-state index contributed by atoms with van der Waals surface area (Å²) in [7, 11) is 0. The van der Waals surface area contributed by atoms with Crippen LogP contribution in [0.3, 0.4) is 0 Å². The van der Waals surface area contributed by atoms with Gasteiger partial charge in [0.1, 0.15) is 5.69 Å². The van der Waals surface area contributed by atoms with Gasteiger partial charge in [0.15, 0.2) is 0 Å². The van der Waals surface area contributed by atoms with Gasteiger partial charge in [-0.15, -0.1) is 0 Å². The molecule has 1 aromatic carbocycles. The highest BCUT2D eigenvalue weighted by molar-refractivity contribution is 5.71. The first-order valence-electron chi connectivity index (χ1n) is 7.35. The number of para-hydroxylation sites is 1. The zero-order valence-electron chi connectivity index (χ0n) is 13.4. The smallest absolute Gasteiger partial charge is 0.260 e. The Morgan fingerprint density at radius 2 is 1.87 bits per heavy atom. The first kappa shape index (κ1) is 15.0. The molecule has 0 amide bonds. The molecular weight excluding hydrogens is 290 g/mol. The highest BCUT2D eigenvalue weighted by Gasteiger charge is 2.14. The molecule has 23 heavy (non-hydrogen) atoms. The Morgan fingerprint density at radius 1 is 1.09 bits per heavy atom. The molecule has 0 saturated carbocycles. The van der Waals surface area contributed by atoms with Crippen LogP contribution < -0.4 is 11.1 Å². The normalized spacial score (nSPS) is 11.4. The van der Waals surface area contributed by atoms with Gasteiger partial charge in [0, 0.05) is 11.2 Å². The van der Waals surface area contributed by atoms with Gasteiger partial charge < -0.3 is 15.6 Å². The molecule has 0 fully saturated rings. The predicted molar refractivity (Wildman–Crippen MR) is 90.8 cm³/mol. The van der Waals surface area contributed by atoms with Crippen molar-refractivity contribution >= 4 is 11.4 Å². The summed E-state index contributed by atoms with van der Waals surface area (Å²) < 4.78 is 5.30. The largest absolute Gasteiger partial charge is 0.398 e. The third kappa shape index (κ3) is 3.48. The first-order chi connectivity index (χ1) is 10.9. The number of nitrogens with zero attached hydrogens (tertiary/aromatic N) is 3. The average molecular weight is 309 g/mol. The molecule has 0 aliphatic carbocycles. The number of benzene rings is 1. The molecule has 0 aliphatic rings. The lowest BCUT2D eigenvalue weighted by Crippen LogP contribution is -2.26. The fraction of sp³-hybridized carbons (Fsp3) is 0.235. The van der Waals surface area contributed by atoms with Crippen LogP contribution in [0.2, 0.25) is 0 Å².